The van der Waals surface area contributed by atoms with Gasteiger partial charge in [0.2, 0.25) is 0 Å². The van der Waals surface area contributed by atoms with Crippen molar-refractivity contribution >= 4 is 23.0 Å². The van der Waals surface area contributed by atoms with Crippen LogP contribution in [0.4, 0.5) is 11.4 Å². The lowest BCUT2D eigenvalue weighted by molar-refractivity contribution is 0.883. The second-order valence-electron chi connectivity index (χ2n) is 5.20. The van der Waals surface area contributed by atoms with Gasteiger partial charge in [0.15, 0.2) is 0 Å². The minimum Gasteiger partial charge on any atom is -0.397 e. The highest BCUT2D eigenvalue weighted by Gasteiger charge is 2.35. The van der Waals surface area contributed by atoms with Crippen molar-refractivity contribution in [3.8, 4) is 0 Å². The largest absolute Gasteiger partial charge is 0.397 e. The van der Waals surface area contributed by atoms with E-state index in [9.17, 15) is 0 Å². The first-order valence-corrected chi connectivity index (χ1v) is 7.46. The van der Waals surface area contributed by atoms with Gasteiger partial charge in [-0.05, 0) is 17.2 Å². The van der Waals surface area contributed by atoms with E-state index in [-0.39, 0.29) is 0 Å². The molecule has 3 heteroatoms. The second-order valence-corrected chi connectivity index (χ2v) is 5.77. The smallest absolute Gasteiger partial charge is 0.121 e. The van der Waals surface area contributed by atoms with Crippen LogP contribution in [0.25, 0.3) is 0 Å². The zero-order valence-corrected chi connectivity index (χ0v) is 12.8. The van der Waals surface area contributed by atoms with Gasteiger partial charge in [-0.3, -0.25) is 0 Å². The van der Waals surface area contributed by atoms with Crippen molar-refractivity contribution in [2.24, 2.45) is 0 Å². The third kappa shape index (κ3) is 2.32. The molecule has 0 amide bonds. The predicted molar refractivity (Wildman–Crippen MR) is 93.9 cm³/mol. The average molecular weight is 309 g/mol. The fourth-order valence-electron chi connectivity index (χ4n) is 2.70. The summed E-state index contributed by atoms with van der Waals surface area (Å²) in [5.41, 5.74) is 16.0. The topological polar surface area (TPSA) is 52.0 Å². The molecule has 0 radical (unpaired) electrons. The van der Waals surface area contributed by atoms with Gasteiger partial charge >= 0.3 is 0 Å². The van der Waals surface area contributed by atoms with E-state index in [2.05, 4.69) is 0 Å². The van der Waals surface area contributed by atoms with Crippen molar-refractivity contribution in [2.75, 3.05) is 11.5 Å². The van der Waals surface area contributed by atoms with Gasteiger partial charge in [0, 0.05) is 5.56 Å². The van der Waals surface area contributed by atoms with E-state index in [1.54, 1.807) is 6.07 Å². The summed E-state index contributed by atoms with van der Waals surface area (Å²) >= 11 is 7.16. The highest BCUT2D eigenvalue weighted by atomic mass is 35.5. The molecule has 3 aromatic carbocycles. The molecule has 22 heavy (non-hydrogen) atoms. The highest BCUT2D eigenvalue weighted by Crippen LogP contribution is 2.46. The van der Waals surface area contributed by atoms with Crippen LogP contribution in [0, 0.1) is 0 Å². The van der Waals surface area contributed by atoms with Gasteiger partial charge in [-0.25, -0.2) is 0 Å². The summed E-state index contributed by atoms with van der Waals surface area (Å²) in [6, 6.07) is 25.4. The number of anilines is 2. The summed E-state index contributed by atoms with van der Waals surface area (Å²) in [7, 11) is 0. The Morgan fingerprint density at radius 3 is 1.64 bits per heavy atom. The van der Waals surface area contributed by atoms with Crippen LogP contribution in [0.5, 0.6) is 0 Å². The summed E-state index contributed by atoms with van der Waals surface area (Å²) in [5, 5.41) is 0. The molecule has 0 atom stereocenters. The van der Waals surface area contributed by atoms with Crippen LogP contribution in [0.1, 0.15) is 16.7 Å². The van der Waals surface area contributed by atoms with E-state index in [0.717, 1.165) is 16.7 Å². The standard InChI is InChI=1S/C19H17ClN2/c20-19(14-8-3-1-4-9-14,15-10-5-2-6-11-15)16-12-7-13-17(21)18(16)22/h1-13H,21-22H2. The van der Waals surface area contributed by atoms with Gasteiger partial charge in [-0.1, -0.05) is 72.8 Å². The molecular weight excluding hydrogens is 292 g/mol. The number of hydrogen-bond donors (Lipinski definition) is 2. The quantitative estimate of drug-likeness (QED) is 0.428. The third-order valence-electron chi connectivity index (χ3n) is 3.85. The molecule has 0 unspecified atom stereocenters. The molecule has 2 nitrogen and oxygen atoms in total. The Kier molecular flexibility index (Phi) is 3.78. The summed E-state index contributed by atoms with van der Waals surface area (Å²) in [6.07, 6.45) is 0. The first kappa shape index (κ1) is 14.5. The molecule has 0 saturated heterocycles. The van der Waals surface area contributed by atoms with Crippen LogP contribution in [0.15, 0.2) is 78.9 Å². The first-order valence-electron chi connectivity index (χ1n) is 7.08. The fraction of sp³-hybridized carbons (Fsp3) is 0.0526. The lowest BCUT2D eigenvalue weighted by atomic mass is 9.83. The predicted octanol–water partition coefficient (Wildman–Crippen LogP) is 4.38. The summed E-state index contributed by atoms with van der Waals surface area (Å²) in [6.45, 7) is 0. The number of rotatable bonds is 3. The maximum Gasteiger partial charge on any atom is 0.121 e. The van der Waals surface area contributed by atoms with Crippen molar-refractivity contribution in [3.05, 3.63) is 95.6 Å². The summed E-state index contributed by atoms with van der Waals surface area (Å²) < 4.78 is 0. The van der Waals surface area contributed by atoms with Crippen molar-refractivity contribution in [1.82, 2.24) is 0 Å². The maximum absolute atomic E-state index is 7.16. The van der Waals surface area contributed by atoms with Crippen molar-refractivity contribution in [2.45, 2.75) is 4.87 Å². The summed E-state index contributed by atoms with van der Waals surface area (Å²) in [5.74, 6) is 0. The molecule has 4 N–H and O–H groups in total. The Morgan fingerprint density at radius 1 is 0.636 bits per heavy atom. The van der Waals surface area contributed by atoms with Crippen LogP contribution in [0.3, 0.4) is 0 Å². The fourth-order valence-corrected chi connectivity index (χ4v) is 3.11. The van der Waals surface area contributed by atoms with Crippen LogP contribution < -0.4 is 11.5 Å². The average Bonchev–Trinajstić information content (AvgIpc) is 2.58. The second kappa shape index (κ2) is 5.74. The molecule has 0 bridgehead atoms. The van der Waals surface area contributed by atoms with Crippen molar-refractivity contribution in [1.29, 1.82) is 0 Å². The Morgan fingerprint density at radius 2 is 1.14 bits per heavy atom. The van der Waals surface area contributed by atoms with E-state index in [0.29, 0.717) is 11.4 Å². The van der Waals surface area contributed by atoms with E-state index in [4.69, 9.17) is 23.1 Å². The minimum absolute atomic E-state index is 0.519. The lowest BCUT2D eigenvalue weighted by Gasteiger charge is -2.30. The SMILES string of the molecule is Nc1cccc(C(Cl)(c2ccccc2)c2ccccc2)c1N. The molecule has 0 saturated carbocycles. The molecule has 3 rings (SSSR count). The summed E-state index contributed by atoms with van der Waals surface area (Å²) in [4.78, 5) is -0.873. The Hall–Kier alpha value is -2.45. The molecule has 0 aromatic heterocycles. The molecule has 110 valence electrons. The molecule has 0 heterocycles. The highest BCUT2D eigenvalue weighted by molar-refractivity contribution is 6.28. The Balaban J connectivity index is 2.31. The van der Waals surface area contributed by atoms with Gasteiger partial charge in [0.25, 0.3) is 0 Å². The van der Waals surface area contributed by atoms with Crippen LogP contribution in [0.2, 0.25) is 0 Å². The molecule has 0 aliphatic rings. The molecule has 0 aliphatic carbocycles. The zero-order chi connectivity index (χ0) is 15.6. The van der Waals surface area contributed by atoms with Crippen molar-refractivity contribution < 1.29 is 0 Å². The molecule has 0 spiro atoms. The van der Waals surface area contributed by atoms with Gasteiger partial charge in [0.1, 0.15) is 4.87 Å². The number of nitrogens with two attached hydrogens (primary N) is 2. The van der Waals surface area contributed by atoms with Gasteiger partial charge in [-0.2, -0.15) is 0 Å². The number of hydrogen-bond acceptors (Lipinski definition) is 2. The van der Waals surface area contributed by atoms with E-state index in [1.165, 1.54) is 0 Å². The number of para-hydroxylation sites is 1. The van der Waals surface area contributed by atoms with E-state index >= 15 is 0 Å². The lowest BCUT2D eigenvalue weighted by Crippen LogP contribution is -2.24. The van der Waals surface area contributed by atoms with Crippen LogP contribution in [-0.4, -0.2) is 0 Å². The normalized spacial score (nSPS) is 11.3. The monoisotopic (exact) mass is 308 g/mol. The number of nitrogen functional groups attached to an aromatic ring is 2. The number of benzene rings is 3. The maximum atomic E-state index is 7.16. The Bertz CT molecular complexity index is 730. The van der Waals surface area contributed by atoms with Crippen LogP contribution >= 0.6 is 11.6 Å². The molecule has 0 fully saturated rings. The van der Waals surface area contributed by atoms with Gasteiger partial charge in [0.05, 0.1) is 11.4 Å². The molecular formula is C19H17ClN2. The molecule has 0 aliphatic heterocycles. The Labute approximate surface area is 135 Å². The minimum atomic E-state index is -0.873. The third-order valence-corrected chi connectivity index (χ3v) is 4.49. The number of halogens is 1. The van der Waals surface area contributed by atoms with Gasteiger partial charge in [-0.15, -0.1) is 11.6 Å². The first-order chi connectivity index (χ1) is 10.6. The van der Waals surface area contributed by atoms with E-state index in [1.807, 2.05) is 72.8 Å². The molecule has 3 aromatic rings. The van der Waals surface area contributed by atoms with Crippen LogP contribution in [-0.2, 0) is 4.87 Å². The van der Waals surface area contributed by atoms with E-state index < -0.39 is 4.87 Å². The number of alkyl halides is 1. The van der Waals surface area contributed by atoms with Gasteiger partial charge < -0.3 is 11.5 Å². The van der Waals surface area contributed by atoms with Crippen molar-refractivity contribution in [3.63, 3.8) is 0 Å². The zero-order valence-electron chi connectivity index (χ0n) is 12.0.